The number of hydrogen-bond acceptors (Lipinski definition) is 4. The average molecular weight is 295 g/mol. The first kappa shape index (κ1) is 17.0. The van der Waals surface area contributed by atoms with Gasteiger partial charge in [0.05, 0.1) is 13.2 Å². The molecule has 0 aromatic heterocycles. The quantitative estimate of drug-likeness (QED) is 0.672. The van der Waals surface area contributed by atoms with Gasteiger partial charge in [-0.2, -0.15) is 0 Å². The minimum absolute atomic E-state index is 0.0384. The molecule has 116 valence electrons. The number of rotatable bonds is 9. The van der Waals surface area contributed by atoms with Crippen LogP contribution in [-0.2, 0) is 14.3 Å². The van der Waals surface area contributed by atoms with Gasteiger partial charge in [0.1, 0.15) is 5.75 Å². The highest BCUT2D eigenvalue weighted by Crippen LogP contribution is 2.16. The molecule has 1 amide bonds. The Bertz CT molecular complexity index is 475. The number of aliphatic carboxylic acids is 1. The van der Waals surface area contributed by atoms with E-state index in [1.807, 2.05) is 31.2 Å². The fourth-order valence-corrected chi connectivity index (χ4v) is 1.70. The third-order valence-electron chi connectivity index (χ3n) is 2.94. The summed E-state index contributed by atoms with van der Waals surface area (Å²) < 4.78 is 10.3. The Hall–Kier alpha value is -2.08. The van der Waals surface area contributed by atoms with E-state index in [1.54, 1.807) is 0 Å². The fourth-order valence-electron chi connectivity index (χ4n) is 1.70. The molecule has 1 aromatic rings. The molecule has 0 saturated heterocycles. The predicted molar refractivity (Wildman–Crippen MR) is 77.4 cm³/mol. The highest BCUT2D eigenvalue weighted by Gasteiger charge is 2.16. The number of benzene rings is 1. The minimum Gasteiger partial charge on any atom is -0.493 e. The first-order valence-corrected chi connectivity index (χ1v) is 6.75. The molecule has 0 heterocycles. The molecule has 1 rings (SSSR count). The number of ether oxygens (including phenoxy) is 2. The molecule has 6 nitrogen and oxygen atoms in total. The van der Waals surface area contributed by atoms with Crippen LogP contribution in [-0.4, -0.2) is 43.3 Å². The van der Waals surface area contributed by atoms with Gasteiger partial charge < -0.3 is 19.9 Å². The second-order valence-corrected chi connectivity index (χ2v) is 4.58. The maximum atomic E-state index is 11.5. The maximum absolute atomic E-state index is 11.5. The standard InChI is InChI=1S/C15H21NO5/c1-11-6-3-4-7-12(11)21-9-5-8-14(17)16-10-13(20-2)15(18)19/h3-4,6-7,13H,5,8-10H2,1-2H3,(H,16,17)(H,18,19). The van der Waals surface area contributed by atoms with E-state index >= 15 is 0 Å². The van der Waals surface area contributed by atoms with Crippen molar-refractivity contribution in [3.8, 4) is 5.75 Å². The molecular weight excluding hydrogens is 274 g/mol. The molecule has 1 unspecified atom stereocenters. The summed E-state index contributed by atoms with van der Waals surface area (Å²) in [5.74, 6) is -0.504. The Balaban J connectivity index is 2.19. The molecule has 2 N–H and O–H groups in total. The van der Waals surface area contributed by atoms with Crippen molar-refractivity contribution in [2.45, 2.75) is 25.9 Å². The van der Waals surface area contributed by atoms with Crippen molar-refractivity contribution in [2.24, 2.45) is 0 Å². The average Bonchev–Trinajstić information content (AvgIpc) is 2.45. The smallest absolute Gasteiger partial charge is 0.334 e. The van der Waals surface area contributed by atoms with Crippen LogP contribution in [0.4, 0.5) is 0 Å². The number of nitrogens with one attached hydrogen (secondary N) is 1. The lowest BCUT2D eigenvalue weighted by Gasteiger charge is -2.12. The van der Waals surface area contributed by atoms with Gasteiger partial charge in [-0.25, -0.2) is 4.79 Å². The van der Waals surface area contributed by atoms with Gasteiger partial charge in [-0.3, -0.25) is 4.79 Å². The Morgan fingerprint density at radius 2 is 2.05 bits per heavy atom. The highest BCUT2D eigenvalue weighted by atomic mass is 16.5. The molecule has 0 radical (unpaired) electrons. The van der Waals surface area contributed by atoms with Crippen LogP contribution in [0.1, 0.15) is 18.4 Å². The normalized spacial score (nSPS) is 11.7. The number of amides is 1. The van der Waals surface area contributed by atoms with Crippen LogP contribution in [0.15, 0.2) is 24.3 Å². The molecule has 0 aliphatic heterocycles. The Labute approximate surface area is 124 Å². The fraction of sp³-hybridized carbons (Fsp3) is 0.467. The number of carbonyl (C=O) groups is 2. The van der Waals surface area contributed by atoms with E-state index in [2.05, 4.69) is 5.32 Å². The van der Waals surface area contributed by atoms with Crippen molar-refractivity contribution < 1.29 is 24.2 Å². The molecule has 1 aromatic carbocycles. The van der Waals surface area contributed by atoms with Gasteiger partial charge >= 0.3 is 5.97 Å². The van der Waals surface area contributed by atoms with Crippen molar-refractivity contribution in [3.05, 3.63) is 29.8 Å². The Kier molecular flexibility index (Phi) is 7.25. The molecule has 0 fully saturated rings. The monoisotopic (exact) mass is 295 g/mol. The molecule has 0 bridgehead atoms. The summed E-state index contributed by atoms with van der Waals surface area (Å²) in [6, 6.07) is 7.67. The van der Waals surface area contributed by atoms with E-state index in [1.165, 1.54) is 7.11 Å². The zero-order valence-electron chi connectivity index (χ0n) is 12.3. The van der Waals surface area contributed by atoms with E-state index in [-0.39, 0.29) is 18.9 Å². The summed E-state index contributed by atoms with van der Waals surface area (Å²) in [5.41, 5.74) is 1.05. The zero-order chi connectivity index (χ0) is 15.7. The zero-order valence-corrected chi connectivity index (χ0v) is 12.3. The summed E-state index contributed by atoms with van der Waals surface area (Å²) in [6.45, 7) is 2.35. The van der Waals surface area contributed by atoms with Crippen LogP contribution in [0.5, 0.6) is 5.75 Å². The number of carboxylic acid groups (broad SMARTS) is 1. The first-order valence-electron chi connectivity index (χ1n) is 6.75. The molecular formula is C15H21NO5. The van der Waals surface area contributed by atoms with Gasteiger partial charge in [-0.15, -0.1) is 0 Å². The molecule has 1 atom stereocenters. The number of carboxylic acids is 1. The van der Waals surface area contributed by atoms with Crippen LogP contribution < -0.4 is 10.1 Å². The van der Waals surface area contributed by atoms with E-state index < -0.39 is 12.1 Å². The number of methoxy groups -OCH3 is 1. The van der Waals surface area contributed by atoms with Crippen molar-refractivity contribution >= 4 is 11.9 Å². The van der Waals surface area contributed by atoms with Gasteiger partial charge in [0.2, 0.25) is 5.91 Å². The van der Waals surface area contributed by atoms with Gasteiger partial charge in [0.15, 0.2) is 6.10 Å². The number of aryl methyl sites for hydroxylation is 1. The van der Waals surface area contributed by atoms with E-state index in [9.17, 15) is 9.59 Å². The maximum Gasteiger partial charge on any atom is 0.334 e. The number of hydrogen-bond donors (Lipinski definition) is 2. The van der Waals surface area contributed by atoms with Crippen molar-refractivity contribution in [3.63, 3.8) is 0 Å². The molecule has 0 aliphatic rings. The van der Waals surface area contributed by atoms with Gasteiger partial charge in [0, 0.05) is 13.5 Å². The summed E-state index contributed by atoms with van der Waals surface area (Å²) in [6.07, 6.45) is -0.176. The van der Waals surface area contributed by atoms with Crippen molar-refractivity contribution in [2.75, 3.05) is 20.3 Å². The summed E-state index contributed by atoms with van der Waals surface area (Å²) in [4.78, 5) is 22.2. The van der Waals surface area contributed by atoms with Crippen LogP contribution >= 0.6 is 0 Å². The van der Waals surface area contributed by atoms with Gasteiger partial charge in [-0.1, -0.05) is 18.2 Å². The van der Waals surface area contributed by atoms with Crippen LogP contribution in [0.2, 0.25) is 0 Å². The second kappa shape index (κ2) is 8.97. The molecule has 21 heavy (non-hydrogen) atoms. The number of carbonyl (C=O) groups excluding carboxylic acids is 1. The topological polar surface area (TPSA) is 84.9 Å². The lowest BCUT2D eigenvalue weighted by molar-refractivity contribution is -0.148. The molecule has 0 aliphatic carbocycles. The second-order valence-electron chi connectivity index (χ2n) is 4.58. The van der Waals surface area contributed by atoms with Crippen LogP contribution in [0, 0.1) is 6.92 Å². The Morgan fingerprint density at radius 3 is 2.67 bits per heavy atom. The van der Waals surface area contributed by atoms with E-state index in [0.29, 0.717) is 13.0 Å². The van der Waals surface area contributed by atoms with E-state index in [4.69, 9.17) is 14.6 Å². The summed E-state index contributed by atoms with van der Waals surface area (Å²) >= 11 is 0. The lowest BCUT2D eigenvalue weighted by Crippen LogP contribution is -2.37. The molecule has 0 spiro atoms. The third-order valence-corrected chi connectivity index (χ3v) is 2.94. The number of para-hydroxylation sites is 1. The first-order chi connectivity index (χ1) is 10.0. The van der Waals surface area contributed by atoms with Crippen molar-refractivity contribution in [1.29, 1.82) is 0 Å². The molecule has 6 heteroatoms. The molecule has 0 saturated carbocycles. The predicted octanol–water partition coefficient (Wildman–Crippen LogP) is 1.37. The van der Waals surface area contributed by atoms with Gasteiger partial charge in [-0.05, 0) is 25.0 Å². The highest BCUT2D eigenvalue weighted by molar-refractivity contribution is 5.78. The minimum atomic E-state index is -1.10. The van der Waals surface area contributed by atoms with Crippen molar-refractivity contribution in [1.82, 2.24) is 5.32 Å². The summed E-state index contributed by atoms with van der Waals surface area (Å²) in [7, 11) is 1.29. The van der Waals surface area contributed by atoms with E-state index in [0.717, 1.165) is 11.3 Å². The van der Waals surface area contributed by atoms with Crippen LogP contribution in [0.25, 0.3) is 0 Å². The SMILES string of the molecule is COC(CNC(=O)CCCOc1ccccc1C)C(=O)O. The Morgan fingerprint density at radius 1 is 1.33 bits per heavy atom. The third kappa shape index (κ3) is 6.27. The van der Waals surface area contributed by atoms with Crippen LogP contribution in [0.3, 0.4) is 0 Å². The lowest BCUT2D eigenvalue weighted by atomic mass is 10.2. The van der Waals surface area contributed by atoms with Gasteiger partial charge in [0.25, 0.3) is 0 Å². The summed E-state index contributed by atoms with van der Waals surface area (Å²) in [5, 5.41) is 11.3. The largest absolute Gasteiger partial charge is 0.493 e.